The van der Waals surface area contributed by atoms with E-state index in [1.165, 1.54) is 6.07 Å². The van der Waals surface area contributed by atoms with Crippen LogP contribution >= 0.6 is 0 Å². The van der Waals surface area contributed by atoms with Crippen molar-refractivity contribution >= 4 is 16.9 Å². The van der Waals surface area contributed by atoms with Gasteiger partial charge in [0, 0.05) is 5.56 Å². The van der Waals surface area contributed by atoms with Crippen LogP contribution in [0.5, 0.6) is 0 Å². The van der Waals surface area contributed by atoms with E-state index in [2.05, 4.69) is 10.1 Å². The fourth-order valence-electron chi connectivity index (χ4n) is 2.95. The average Bonchev–Trinajstić information content (AvgIpc) is 3.04. The number of para-hydroxylation sites is 2. The first kappa shape index (κ1) is 16.6. The molecule has 4 rings (SSSR count). The van der Waals surface area contributed by atoms with Crippen LogP contribution in [0.15, 0.2) is 71.9 Å². The van der Waals surface area contributed by atoms with E-state index in [0.29, 0.717) is 22.2 Å². The van der Waals surface area contributed by atoms with Gasteiger partial charge < -0.3 is 16.1 Å². The molecule has 0 radical (unpaired) electrons. The minimum atomic E-state index is -0.501. The molecule has 1 heterocycles. The number of hydrogen-bond donors (Lipinski definition) is 3. The highest BCUT2D eigenvalue weighted by Crippen LogP contribution is 2.29. The second kappa shape index (κ2) is 6.45. The summed E-state index contributed by atoms with van der Waals surface area (Å²) in [6.07, 6.45) is 0. The van der Waals surface area contributed by atoms with E-state index in [4.69, 9.17) is 10.9 Å². The van der Waals surface area contributed by atoms with Crippen molar-refractivity contribution in [3.63, 3.8) is 0 Å². The molecule has 1 aromatic heterocycles. The molecule has 0 aliphatic carbocycles. The SMILES string of the molecule is N/C(=N\O)c1ccc(-c2ccc(-c3nc4ccccc4n3O)c(F)c2)cc1. The molecule has 0 saturated heterocycles. The van der Waals surface area contributed by atoms with Gasteiger partial charge in [-0.05, 0) is 35.4 Å². The van der Waals surface area contributed by atoms with E-state index < -0.39 is 5.82 Å². The molecule has 4 aromatic rings. The van der Waals surface area contributed by atoms with Crippen molar-refractivity contribution in [3.05, 3.63) is 78.1 Å². The van der Waals surface area contributed by atoms with Crippen molar-refractivity contribution in [2.75, 3.05) is 0 Å². The lowest BCUT2D eigenvalue weighted by atomic mass is 10.0. The van der Waals surface area contributed by atoms with Gasteiger partial charge in [0.05, 0.1) is 11.1 Å². The topological polar surface area (TPSA) is 96.7 Å². The molecule has 6 nitrogen and oxygen atoms in total. The first-order valence-electron chi connectivity index (χ1n) is 8.13. The lowest BCUT2D eigenvalue weighted by Crippen LogP contribution is -2.12. The smallest absolute Gasteiger partial charge is 0.179 e. The van der Waals surface area contributed by atoms with E-state index in [1.54, 1.807) is 60.7 Å². The zero-order chi connectivity index (χ0) is 19.0. The summed E-state index contributed by atoms with van der Waals surface area (Å²) in [7, 11) is 0. The van der Waals surface area contributed by atoms with Crippen LogP contribution in [-0.4, -0.2) is 26.0 Å². The molecule has 0 bridgehead atoms. The Morgan fingerprint density at radius 3 is 2.37 bits per heavy atom. The van der Waals surface area contributed by atoms with Crippen LogP contribution in [0.25, 0.3) is 33.5 Å². The highest BCUT2D eigenvalue weighted by molar-refractivity contribution is 5.97. The molecule has 0 aliphatic heterocycles. The van der Waals surface area contributed by atoms with Crippen LogP contribution in [0.2, 0.25) is 0 Å². The summed E-state index contributed by atoms with van der Waals surface area (Å²) in [5.41, 5.74) is 8.82. The minimum Gasteiger partial charge on any atom is -0.426 e. The Morgan fingerprint density at radius 2 is 1.70 bits per heavy atom. The molecule has 0 aliphatic rings. The van der Waals surface area contributed by atoms with Gasteiger partial charge in [-0.15, -0.1) is 0 Å². The molecule has 0 saturated carbocycles. The van der Waals surface area contributed by atoms with Crippen LogP contribution in [-0.2, 0) is 0 Å². The van der Waals surface area contributed by atoms with Gasteiger partial charge in [0.1, 0.15) is 11.3 Å². The third kappa shape index (κ3) is 2.85. The second-order valence-electron chi connectivity index (χ2n) is 5.99. The molecule has 0 fully saturated rings. The number of halogens is 1. The van der Waals surface area contributed by atoms with Gasteiger partial charge in [-0.3, -0.25) is 0 Å². The van der Waals surface area contributed by atoms with E-state index in [9.17, 15) is 9.60 Å². The first-order valence-corrected chi connectivity index (χ1v) is 8.13. The summed E-state index contributed by atoms with van der Waals surface area (Å²) >= 11 is 0. The zero-order valence-corrected chi connectivity index (χ0v) is 14.0. The predicted octanol–water partition coefficient (Wildman–Crippen LogP) is 3.84. The Bertz CT molecular complexity index is 1170. The van der Waals surface area contributed by atoms with Gasteiger partial charge in [-0.2, -0.15) is 4.73 Å². The molecule has 0 unspecified atom stereocenters. The van der Waals surface area contributed by atoms with Crippen LogP contribution in [0.1, 0.15) is 5.56 Å². The zero-order valence-electron chi connectivity index (χ0n) is 14.0. The molecule has 134 valence electrons. The van der Waals surface area contributed by atoms with Gasteiger partial charge in [-0.1, -0.05) is 47.6 Å². The van der Waals surface area contributed by atoms with Crippen molar-refractivity contribution in [3.8, 4) is 22.5 Å². The second-order valence-corrected chi connectivity index (χ2v) is 5.99. The van der Waals surface area contributed by atoms with Crippen molar-refractivity contribution in [1.82, 2.24) is 9.71 Å². The summed E-state index contributed by atoms with van der Waals surface area (Å²) in [5, 5.41) is 22.0. The third-order valence-electron chi connectivity index (χ3n) is 4.37. The van der Waals surface area contributed by atoms with Crippen molar-refractivity contribution in [1.29, 1.82) is 0 Å². The van der Waals surface area contributed by atoms with Crippen molar-refractivity contribution in [2.45, 2.75) is 0 Å². The Balaban J connectivity index is 1.73. The van der Waals surface area contributed by atoms with Gasteiger partial charge in [0.15, 0.2) is 11.7 Å². The maximum atomic E-state index is 14.8. The summed E-state index contributed by atoms with van der Waals surface area (Å²) in [5.74, 6) is -0.355. The number of rotatable bonds is 3. The largest absolute Gasteiger partial charge is 0.426 e. The number of imidazole rings is 1. The van der Waals surface area contributed by atoms with Gasteiger partial charge in [-0.25, -0.2) is 9.37 Å². The summed E-state index contributed by atoms with van der Waals surface area (Å²) in [6.45, 7) is 0. The standard InChI is InChI=1S/C20H15FN4O2/c21-16-11-14(12-5-7-13(8-6-12)19(22)24-26)9-10-15(16)20-23-17-3-1-2-4-18(17)25(20)27/h1-11,26-27H,(H2,22,24). The number of hydrogen-bond acceptors (Lipinski definition) is 4. The van der Waals surface area contributed by atoms with Crippen molar-refractivity contribution in [2.24, 2.45) is 10.9 Å². The van der Waals surface area contributed by atoms with Gasteiger partial charge in [0.2, 0.25) is 0 Å². The van der Waals surface area contributed by atoms with Crippen molar-refractivity contribution < 1.29 is 14.8 Å². The summed E-state index contributed by atoms with van der Waals surface area (Å²) in [6, 6.07) is 18.6. The quantitative estimate of drug-likeness (QED) is 0.170. The monoisotopic (exact) mass is 362 g/mol. The van der Waals surface area contributed by atoms with Gasteiger partial charge >= 0.3 is 0 Å². The molecule has 3 aromatic carbocycles. The summed E-state index contributed by atoms with van der Waals surface area (Å²) in [4.78, 5) is 4.31. The lowest BCUT2D eigenvalue weighted by molar-refractivity contribution is 0.202. The Morgan fingerprint density at radius 1 is 1.00 bits per heavy atom. The number of aromatic nitrogens is 2. The van der Waals surface area contributed by atoms with E-state index in [1.807, 2.05) is 0 Å². The fraction of sp³-hybridized carbons (Fsp3) is 0. The predicted molar refractivity (Wildman–Crippen MR) is 100 cm³/mol. The first-order chi connectivity index (χ1) is 13.1. The maximum Gasteiger partial charge on any atom is 0.179 e. The number of amidine groups is 1. The highest BCUT2D eigenvalue weighted by Gasteiger charge is 2.16. The number of benzene rings is 3. The Labute approximate surface area is 153 Å². The molecular weight excluding hydrogens is 347 g/mol. The van der Waals surface area contributed by atoms with Crippen LogP contribution < -0.4 is 5.73 Å². The maximum absolute atomic E-state index is 14.8. The van der Waals surface area contributed by atoms with E-state index >= 15 is 0 Å². The molecule has 0 spiro atoms. The Kier molecular flexibility index (Phi) is 3.97. The number of oxime groups is 1. The number of nitrogens with two attached hydrogens (primary N) is 1. The van der Waals surface area contributed by atoms with E-state index in [0.717, 1.165) is 10.3 Å². The molecule has 7 heteroatoms. The third-order valence-corrected chi connectivity index (χ3v) is 4.37. The minimum absolute atomic E-state index is 0.00456. The normalized spacial score (nSPS) is 11.8. The number of nitrogens with zero attached hydrogens (tertiary/aromatic N) is 3. The molecule has 0 atom stereocenters. The van der Waals surface area contributed by atoms with E-state index in [-0.39, 0.29) is 17.2 Å². The highest BCUT2D eigenvalue weighted by atomic mass is 19.1. The number of fused-ring (bicyclic) bond motifs is 1. The molecule has 4 N–H and O–H groups in total. The summed E-state index contributed by atoms with van der Waals surface area (Å²) < 4.78 is 15.6. The molecule has 0 amide bonds. The van der Waals surface area contributed by atoms with Crippen LogP contribution in [0.3, 0.4) is 0 Å². The van der Waals surface area contributed by atoms with Crippen LogP contribution in [0.4, 0.5) is 4.39 Å². The van der Waals surface area contributed by atoms with Gasteiger partial charge in [0.25, 0.3) is 0 Å². The lowest BCUT2D eigenvalue weighted by Gasteiger charge is -2.07. The Hall–Kier alpha value is -3.87. The van der Waals surface area contributed by atoms with Crippen LogP contribution in [0, 0.1) is 5.82 Å². The fourth-order valence-corrected chi connectivity index (χ4v) is 2.95. The average molecular weight is 362 g/mol. The molecular formula is C20H15FN4O2. The molecule has 27 heavy (non-hydrogen) atoms.